The number of halogens is 5. The lowest BCUT2D eigenvalue weighted by atomic mass is 10.1. The van der Waals surface area contributed by atoms with E-state index in [4.69, 9.17) is 0 Å². The molecule has 2 aromatic carbocycles. The number of nitrogens with zero attached hydrogens (tertiary/aromatic N) is 3. The lowest BCUT2D eigenvalue weighted by Crippen LogP contribution is -3.00. The van der Waals surface area contributed by atoms with Crippen molar-refractivity contribution in [3.63, 3.8) is 0 Å². The summed E-state index contributed by atoms with van der Waals surface area (Å²) in [5.41, 5.74) is 0.535. The van der Waals surface area contributed by atoms with E-state index in [0.29, 0.717) is 11.1 Å². The molecule has 1 aliphatic rings. The summed E-state index contributed by atoms with van der Waals surface area (Å²) in [6.07, 6.45) is -0.752. The first kappa shape index (κ1) is 28.0. The molecule has 3 heterocycles. The molecule has 194 valence electrons. The number of anilines is 1. The number of hydrogen-bond acceptors (Lipinski definition) is 5. The first-order valence-corrected chi connectivity index (χ1v) is 14.3. The van der Waals surface area contributed by atoms with Crippen molar-refractivity contribution < 1.29 is 30.1 Å². The van der Waals surface area contributed by atoms with E-state index in [9.17, 15) is 18.0 Å². The van der Waals surface area contributed by atoms with Crippen molar-refractivity contribution >= 4 is 67.2 Å². The maximum atomic E-state index is 13.5. The lowest BCUT2D eigenvalue weighted by molar-refractivity contribution is -0.685. The van der Waals surface area contributed by atoms with Crippen molar-refractivity contribution in [1.82, 2.24) is 4.57 Å². The van der Waals surface area contributed by atoms with Gasteiger partial charge in [-0.3, -0.25) is 9.36 Å². The Labute approximate surface area is 237 Å². The summed E-state index contributed by atoms with van der Waals surface area (Å²) in [4.78, 5) is 16.5. The van der Waals surface area contributed by atoms with Crippen LogP contribution in [0.25, 0.3) is 11.1 Å². The van der Waals surface area contributed by atoms with Crippen LogP contribution in [0.1, 0.15) is 23.1 Å². The number of fused-ring (bicyclic) bond motifs is 1. The molecule has 0 radical (unpaired) electrons. The van der Waals surface area contributed by atoms with Gasteiger partial charge in [-0.25, -0.2) is 0 Å². The molecule has 0 saturated heterocycles. The van der Waals surface area contributed by atoms with E-state index in [2.05, 4.69) is 15.9 Å². The Kier molecular flexibility index (Phi) is 8.30. The van der Waals surface area contributed by atoms with E-state index >= 15 is 0 Å². The Morgan fingerprint density at radius 2 is 1.92 bits per heavy atom. The molecule has 0 aliphatic carbocycles. The molecule has 12 heteroatoms. The van der Waals surface area contributed by atoms with Gasteiger partial charge in [-0.15, -0.1) is 11.3 Å². The highest BCUT2D eigenvalue weighted by atomic mass is 79.9. The number of alkyl halides is 3. The number of thiazole rings is 2. The average molecular weight is 647 g/mol. The zero-order valence-electron chi connectivity index (χ0n) is 19.6. The summed E-state index contributed by atoms with van der Waals surface area (Å²) >= 11 is 7.90. The van der Waals surface area contributed by atoms with E-state index < -0.39 is 11.7 Å². The quantitative estimate of drug-likeness (QED) is 0.319. The van der Waals surface area contributed by atoms with Gasteiger partial charge in [0.1, 0.15) is 14.2 Å². The molecule has 4 nitrogen and oxygen atoms in total. The molecular formula is C25H20BrClF3N3OS3. The standard InChI is InChI=1S/C25H20BrF3N3OS3.ClH/c1-3-32-21(36-22(23(32)33)24-30(2)18-9-8-16(26)12-19(18)35-24)13-20-31(10-11-34-20)14-15-6-4-5-7-17(15)25(27,28)29;/h4-13H,3,14H2,1-2H3;1H/q+1;/p-1/b24-22+;. The van der Waals surface area contributed by atoms with Crippen LogP contribution in [0.15, 0.2) is 68.2 Å². The van der Waals surface area contributed by atoms with Crippen LogP contribution >= 0.6 is 50.4 Å². The molecule has 1 aliphatic heterocycles. The number of benzene rings is 2. The zero-order chi connectivity index (χ0) is 25.6. The van der Waals surface area contributed by atoms with Crippen LogP contribution in [0.4, 0.5) is 18.9 Å². The van der Waals surface area contributed by atoms with Crippen molar-refractivity contribution in [1.29, 1.82) is 0 Å². The van der Waals surface area contributed by atoms with Crippen molar-refractivity contribution in [2.75, 3.05) is 11.9 Å². The van der Waals surface area contributed by atoms with Crippen molar-refractivity contribution in [3.05, 3.63) is 94.2 Å². The minimum absolute atomic E-state index is 0. The molecule has 0 unspecified atom stereocenters. The number of aromatic nitrogens is 2. The van der Waals surface area contributed by atoms with Crippen molar-refractivity contribution in [3.8, 4) is 0 Å². The number of rotatable bonds is 4. The summed E-state index contributed by atoms with van der Waals surface area (Å²) in [5.74, 6) is 0. The van der Waals surface area contributed by atoms with Gasteiger partial charge in [-0.05, 0) is 31.2 Å². The van der Waals surface area contributed by atoms with Gasteiger partial charge in [0.2, 0.25) is 0 Å². The third kappa shape index (κ3) is 5.42. The summed E-state index contributed by atoms with van der Waals surface area (Å²) in [5, 5.41) is 3.49. The Bertz CT molecular complexity index is 1640. The number of hydrogen-bond donors (Lipinski definition) is 0. The third-order valence-electron chi connectivity index (χ3n) is 5.84. The molecule has 4 aromatic rings. The van der Waals surface area contributed by atoms with Crippen LogP contribution in [0.2, 0.25) is 0 Å². The van der Waals surface area contributed by atoms with Crippen LogP contribution in [0.5, 0.6) is 0 Å². The van der Waals surface area contributed by atoms with Crippen molar-refractivity contribution in [2.45, 2.75) is 31.1 Å². The van der Waals surface area contributed by atoms with Crippen LogP contribution < -0.4 is 36.6 Å². The molecule has 0 saturated carbocycles. The van der Waals surface area contributed by atoms with Gasteiger partial charge in [0, 0.05) is 28.5 Å². The van der Waals surface area contributed by atoms with Gasteiger partial charge < -0.3 is 17.3 Å². The van der Waals surface area contributed by atoms with Gasteiger partial charge in [0.25, 0.3) is 10.6 Å². The highest BCUT2D eigenvalue weighted by Crippen LogP contribution is 2.46. The molecular weight excluding hydrogens is 627 g/mol. The minimum Gasteiger partial charge on any atom is -1.00 e. The van der Waals surface area contributed by atoms with Crippen LogP contribution in [-0.4, -0.2) is 11.6 Å². The molecule has 37 heavy (non-hydrogen) atoms. The molecule has 0 bridgehead atoms. The predicted molar refractivity (Wildman–Crippen MR) is 144 cm³/mol. The molecule has 0 amide bonds. The highest BCUT2D eigenvalue weighted by Gasteiger charge is 2.34. The maximum absolute atomic E-state index is 13.5. The average Bonchev–Trinajstić information content (AvgIpc) is 3.49. The van der Waals surface area contributed by atoms with E-state index in [1.165, 1.54) is 34.8 Å². The minimum atomic E-state index is -4.42. The van der Waals surface area contributed by atoms with Crippen LogP contribution in [-0.2, 0) is 19.3 Å². The molecule has 0 N–H and O–H groups in total. The van der Waals surface area contributed by atoms with E-state index in [1.807, 2.05) is 48.5 Å². The molecule has 2 aromatic heterocycles. The Morgan fingerprint density at radius 3 is 2.65 bits per heavy atom. The second kappa shape index (κ2) is 11.0. The topological polar surface area (TPSA) is 29.1 Å². The predicted octanol–water partition coefficient (Wildman–Crippen LogP) is 2.25. The van der Waals surface area contributed by atoms with Gasteiger partial charge in [0.15, 0.2) is 12.7 Å². The summed E-state index contributed by atoms with van der Waals surface area (Å²) in [7, 11) is 1.95. The van der Waals surface area contributed by atoms with E-state index in [1.54, 1.807) is 33.2 Å². The highest BCUT2D eigenvalue weighted by molar-refractivity contribution is 9.10. The Morgan fingerprint density at radius 1 is 1.16 bits per heavy atom. The zero-order valence-corrected chi connectivity index (χ0v) is 24.3. The first-order chi connectivity index (χ1) is 17.2. The lowest BCUT2D eigenvalue weighted by Gasteiger charge is -2.12. The summed E-state index contributed by atoms with van der Waals surface area (Å²) in [6.45, 7) is 2.49. The Hall–Kier alpha value is -2.05. The SMILES string of the molecule is CCn1c(=O)/c(=C2\Sc3cc(Br)ccc3N2C)s/c1=C\c1scc[n+]1Cc1ccccc1C(F)(F)F.[Cl-]. The van der Waals surface area contributed by atoms with Crippen molar-refractivity contribution in [2.24, 2.45) is 0 Å². The molecule has 5 rings (SSSR count). The van der Waals surface area contributed by atoms with Crippen LogP contribution in [0.3, 0.4) is 0 Å². The largest absolute Gasteiger partial charge is 1.00 e. The fourth-order valence-corrected chi connectivity index (χ4v) is 7.95. The van der Waals surface area contributed by atoms with E-state index in [0.717, 1.165) is 35.8 Å². The third-order valence-corrected chi connectivity index (χ3v) is 9.65. The molecule has 0 spiro atoms. The first-order valence-electron chi connectivity index (χ1n) is 11.0. The Balaban J connectivity index is 0.00000320. The second-order valence-corrected chi connectivity index (χ2v) is 12.0. The molecule has 0 fully saturated rings. The normalized spacial score (nSPS) is 15.2. The number of thioether (sulfide) groups is 1. The van der Waals surface area contributed by atoms with Gasteiger partial charge in [-0.2, -0.15) is 17.7 Å². The van der Waals surface area contributed by atoms with Gasteiger partial charge in [0.05, 0.1) is 22.7 Å². The fraction of sp³-hybridized carbons (Fsp3) is 0.200. The molecule has 0 atom stereocenters. The van der Waals surface area contributed by atoms with Crippen LogP contribution in [0, 0.1) is 0 Å². The van der Waals surface area contributed by atoms with Gasteiger partial charge in [-0.1, -0.05) is 57.2 Å². The smallest absolute Gasteiger partial charge is 0.416 e. The second-order valence-electron chi connectivity index (χ2n) is 8.07. The van der Waals surface area contributed by atoms with E-state index in [-0.39, 0.29) is 30.1 Å². The maximum Gasteiger partial charge on any atom is 0.416 e. The monoisotopic (exact) mass is 645 g/mol. The summed E-state index contributed by atoms with van der Waals surface area (Å²) in [6, 6.07) is 11.7. The van der Waals surface area contributed by atoms with Gasteiger partial charge >= 0.3 is 6.18 Å². The summed E-state index contributed by atoms with van der Waals surface area (Å²) < 4.78 is 46.4. The fourth-order valence-electron chi connectivity index (χ4n) is 4.08.